The minimum Gasteiger partial charge on any atom is -0.492 e. The zero-order valence-electron chi connectivity index (χ0n) is 14.4. The molecule has 3 aromatic rings. The van der Waals surface area contributed by atoms with Crippen LogP contribution < -0.4 is 10.3 Å². The second-order valence-corrected chi connectivity index (χ2v) is 6.56. The van der Waals surface area contributed by atoms with E-state index < -0.39 is 0 Å². The molecule has 0 amide bonds. The third-order valence-electron chi connectivity index (χ3n) is 4.84. The van der Waals surface area contributed by atoms with E-state index in [0.29, 0.717) is 23.6 Å². The van der Waals surface area contributed by atoms with Crippen molar-refractivity contribution in [2.24, 2.45) is 5.92 Å². The summed E-state index contributed by atoms with van der Waals surface area (Å²) in [5, 5.41) is 4.90. The van der Waals surface area contributed by atoms with E-state index >= 15 is 0 Å². The van der Waals surface area contributed by atoms with E-state index in [-0.39, 0.29) is 5.56 Å². The average Bonchev–Trinajstić information content (AvgIpc) is 3.26. The zero-order valence-corrected chi connectivity index (χ0v) is 14.4. The maximum Gasteiger partial charge on any atom is 0.262 e. The molecule has 0 aliphatic heterocycles. The Hall–Kier alpha value is -2.63. The lowest BCUT2D eigenvalue weighted by atomic mass is 10.0. The van der Waals surface area contributed by atoms with Crippen LogP contribution in [0.15, 0.2) is 35.3 Å². The van der Waals surface area contributed by atoms with Gasteiger partial charge in [0.15, 0.2) is 5.65 Å². The van der Waals surface area contributed by atoms with Crippen molar-refractivity contribution in [1.29, 1.82) is 0 Å². The first kappa shape index (κ1) is 15.9. The third-order valence-corrected chi connectivity index (χ3v) is 4.84. The van der Waals surface area contributed by atoms with Crippen LogP contribution in [0, 0.1) is 5.92 Å². The molecule has 1 aliphatic rings. The Balaban J connectivity index is 1.80. The molecular formula is C19H22N4O2. The minimum absolute atomic E-state index is 0.127. The van der Waals surface area contributed by atoms with Crippen molar-refractivity contribution in [3.63, 3.8) is 0 Å². The van der Waals surface area contributed by atoms with Crippen molar-refractivity contribution in [3.05, 3.63) is 46.6 Å². The highest BCUT2D eigenvalue weighted by molar-refractivity contribution is 5.75. The van der Waals surface area contributed by atoms with Gasteiger partial charge < -0.3 is 9.72 Å². The van der Waals surface area contributed by atoms with Crippen LogP contribution in [0.25, 0.3) is 16.7 Å². The highest BCUT2D eigenvalue weighted by Crippen LogP contribution is 2.28. The maximum absolute atomic E-state index is 12.4. The molecule has 0 radical (unpaired) electrons. The number of nitrogens with zero attached hydrogens (tertiary/aromatic N) is 3. The molecule has 0 bridgehead atoms. The van der Waals surface area contributed by atoms with Gasteiger partial charge in [-0.15, -0.1) is 0 Å². The van der Waals surface area contributed by atoms with Crippen LogP contribution in [-0.4, -0.2) is 26.4 Å². The Morgan fingerprint density at radius 2 is 2.08 bits per heavy atom. The number of rotatable bonds is 5. The van der Waals surface area contributed by atoms with Gasteiger partial charge in [0.1, 0.15) is 22.6 Å². The summed E-state index contributed by atoms with van der Waals surface area (Å²) in [4.78, 5) is 20.1. The quantitative estimate of drug-likeness (QED) is 0.775. The number of aromatic nitrogens is 4. The summed E-state index contributed by atoms with van der Waals surface area (Å²) in [7, 11) is 0. The van der Waals surface area contributed by atoms with Gasteiger partial charge in [-0.2, -0.15) is 5.10 Å². The van der Waals surface area contributed by atoms with Gasteiger partial charge in [0.2, 0.25) is 0 Å². The molecule has 2 heterocycles. The largest absolute Gasteiger partial charge is 0.492 e. The molecule has 1 saturated carbocycles. The van der Waals surface area contributed by atoms with Crippen LogP contribution in [0.5, 0.6) is 5.75 Å². The lowest BCUT2D eigenvalue weighted by Crippen LogP contribution is -2.15. The molecule has 1 fully saturated rings. The monoisotopic (exact) mass is 338 g/mol. The number of benzene rings is 1. The Morgan fingerprint density at radius 1 is 1.28 bits per heavy atom. The highest BCUT2D eigenvalue weighted by atomic mass is 16.5. The van der Waals surface area contributed by atoms with Gasteiger partial charge in [-0.1, -0.05) is 37.8 Å². The predicted octanol–water partition coefficient (Wildman–Crippen LogP) is 3.24. The molecule has 6 nitrogen and oxygen atoms in total. The molecule has 1 aliphatic carbocycles. The third kappa shape index (κ3) is 3.04. The van der Waals surface area contributed by atoms with Gasteiger partial charge in [-0.25, -0.2) is 9.67 Å². The number of nitrogens with one attached hydrogen (secondary N) is 1. The molecule has 1 N–H and O–H groups in total. The standard InChI is InChI=1S/C19H22N4O2/c1-2-25-16-10-6-5-9-15(16)23-18-14(12-20-23)19(24)22-17(21-18)11-13-7-3-4-8-13/h5-6,9-10,12-13H,2-4,7-8,11H2,1H3,(H,21,22,24). The number of aromatic amines is 1. The lowest BCUT2D eigenvalue weighted by molar-refractivity contribution is 0.338. The maximum atomic E-state index is 12.4. The van der Waals surface area contributed by atoms with E-state index in [2.05, 4.69) is 10.1 Å². The van der Waals surface area contributed by atoms with Crippen molar-refractivity contribution in [3.8, 4) is 11.4 Å². The Morgan fingerprint density at radius 3 is 2.88 bits per heavy atom. The molecule has 1 aromatic carbocycles. The molecule has 2 aromatic heterocycles. The van der Waals surface area contributed by atoms with Crippen molar-refractivity contribution in [2.75, 3.05) is 6.61 Å². The van der Waals surface area contributed by atoms with Crippen LogP contribution in [0.4, 0.5) is 0 Å². The van der Waals surface area contributed by atoms with Crippen molar-refractivity contribution in [1.82, 2.24) is 19.7 Å². The van der Waals surface area contributed by atoms with E-state index in [0.717, 1.165) is 23.7 Å². The fourth-order valence-corrected chi connectivity index (χ4v) is 3.63. The summed E-state index contributed by atoms with van der Waals surface area (Å²) in [6, 6.07) is 7.68. The van der Waals surface area contributed by atoms with Gasteiger partial charge in [-0.3, -0.25) is 4.79 Å². The molecule has 0 atom stereocenters. The second kappa shape index (κ2) is 6.70. The smallest absolute Gasteiger partial charge is 0.262 e. The molecule has 4 rings (SSSR count). The Bertz CT molecular complexity index is 938. The van der Waals surface area contributed by atoms with Crippen LogP contribution in [0.3, 0.4) is 0 Å². The Kier molecular flexibility index (Phi) is 4.26. The molecule has 0 unspecified atom stereocenters. The average molecular weight is 338 g/mol. The fraction of sp³-hybridized carbons (Fsp3) is 0.421. The number of fused-ring (bicyclic) bond motifs is 1. The molecule has 25 heavy (non-hydrogen) atoms. The van der Waals surface area contributed by atoms with E-state index in [1.165, 1.54) is 25.7 Å². The molecule has 6 heteroatoms. The summed E-state index contributed by atoms with van der Waals surface area (Å²) in [6.07, 6.45) is 7.38. The number of para-hydroxylation sites is 2. The lowest BCUT2D eigenvalue weighted by Gasteiger charge is -2.11. The summed E-state index contributed by atoms with van der Waals surface area (Å²) in [5.74, 6) is 2.10. The minimum atomic E-state index is -0.127. The predicted molar refractivity (Wildman–Crippen MR) is 96.3 cm³/mol. The van der Waals surface area contributed by atoms with Crippen molar-refractivity contribution < 1.29 is 4.74 Å². The van der Waals surface area contributed by atoms with Gasteiger partial charge in [0.25, 0.3) is 5.56 Å². The van der Waals surface area contributed by atoms with Crippen molar-refractivity contribution in [2.45, 2.75) is 39.0 Å². The number of hydrogen-bond donors (Lipinski definition) is 1. The van der Waals surface area contributed by atoms with E-state index in [1.807, 2.05) is 31.2 Å². The van der Waals surface area contributed by atoms with Gasteiger partial charge in [0, 0.05) is 6.42 Å². The topological polar surface area (TPSA) is 72.8 Å². The van der Waals surface area contributed by atoms with Gasteiger partial charge in [0.05, 0.1) is 12.8 Å². The first-order valence-corrected chi connectivity index (χ1v) is 8.95. The van der Waals surface area contributed by atoms with Crippen LogP contribution in [-0.2, 0) is 6.42 Å². The van der Waals surface area contributed by atoms with Gasteiger partial charge >= 0.3 is 0 Å². The molecule has 0 saturated heterocycles. The van der Waals surface area contributed by atoms with Crippen LogP contribution in [0.2, 0.25) is 0 Å². The molecule has 130 valence electrons. The fourth-order valence-electron chi connectivity index (χ4n) is 3.63. The van der Waals surface area contributed by atoms with E-state index in [1.54, 1.807) is 10.9 Å². The summed E-state index contributed by atoms with van der Waals surface area (Å²) >= 11 is 0. The van der Waals surface area contributed by atoms with Crippen LogP contribution in [0.1, 0.15) is 38.4 Å². The van der Waals surface area contributed by atoms with E-state index in [4.69, 9.17) is 9.72 Å². The molecule has 0 spiro atoms. The normalized spacial score (nSPS) is 15.1. The van der Waals surface area contributed by atoms with Gasteiger partial charge in [-0.05, 0) is 25.0 Å². The Labute approximate surface area is 145 Å². The number of hydrogen-bond acceptors (Lipinski definition) is 4. The summed E-state index contributed by atoms with van der Waals surface area (Å²) in [6.45, 7) is 2.51. The second-order valence-electron chi connectivity index (χ2n) is 6.56. The van der Waals surface area contributed by atoms with Crippen LogP contribution >= 0.6 is 0 Å². The summed E-state index contributed by atoms with van der Waals surface area (Å²) in [5.41, 5.74) is 1.26. The first-order valence-electron chi connectivity index (χ1n) is 8.95. The SMILES string of the molecule is CCOc1ccccc1-n1ncc2c(=O)[nH]c(CC3CCCC3)nc21. The van der Waals surface area contributed by atoms with E-state index in [9.17, 15) is 4.79 Å². The summed E-state index contributed by atoms with van der Waals surface area (Å²) < 4.78 is 7.41. The zero-order chi connectivity index (χ0) is 17.2. The number of H-pyrrole nitrogens is 1. The van der Waals surface area contributed by atoms with Crippen molar-refractivity contribution >= 4 is 11.0 Å². The highest BCUT2D eigenvalue weighted by Gasteiger charge is 2.19. The first-order chi connectivity index (χ1) is 12.3. The molecular weight excluding hydrogens is 316 g/mol. The number of ether oxygens (including phenoxy) is 1.